The van der Waals surface area contributed by atoms with Gasteiger partial charge in [-0.15, -0.1) is 5.10 Å². The molecule has 0 bridgehead atoms. The molecule has 1 aromatic heterocycles. The number of rotatable bonds is 6. The van der Waals surface area contributed by atoms with Crippen molar-refractivity contribution in [3.8, 4) is 5.75 Å². The molecule has 3 N–H and O–H groups in total. The first-order valence-corrected chi connectivity index (χ1v) is 7.21. The Labute approximate surface area is 120 Å². The highest BCUT2D eigenvalue weighted by Crippen LogP contribution is 2.17. The lowest BCUT2D eigenvalue weighted by atomic mass is 10.3. The van der Waals surface area contributed by atoms with Crippen molar-refractivity contribution in [2.45, 2.75) is 11.8 Å². The number of H-pyrrole nitrogens is 1. The lowest BCUT2D eigenvalue weighted by molar-refractivity contribution is -0.139. The maximum Gasteiger partial charge on any atom is 0.341 e. The Bertz CT molecular complexity index is 738. The van der Waals surface area contributed by atoms with Crippen LogP contribution in [0.2, 0.25) is 0 Å². The van der Waals surface area contributed by atoms with Crippen LogP contribution in [0.4, 0.5) is 5.95 Å². The molecule has 2 rings (SSSR count). The summed E-state index contributed by atoms with van der Waals surface area (Å²) in [5.74, 6) is -0.442. The van der Waals surface area contributed by atoms with Gasteiger partial charge in [0.2, 0.25) is 0 Å². The molecule has 2 aromatic rings. The Morgan fingerprint density at radius 2 is 2.05 bits per heavy atom. The van der Waals surface area contributed by atoms with Crippen molar-refractivity contribution in [1.82, 2.24) is 15.2 Å². The van der Waals surface area contributed by atoms with Crippen LogP contribution >= 0.6 is 0 Å². The number of aliphatic carboxylic acids is 1. The zero-order valence-electron chi connectivity index (χ0n) is 10.9. The topological polar surface area (TPSA) is 134 Å². The maximum absolute atomic E-state index is 12.0. The minimum atomic E-state index is -3.81. The summed E-state index contributed by atoms with van der Waals surface area (Å²) in [5, 5.41) is 14.7. The lowest BCUT2D eigenvalue weighted by Gasteiger charge is -2.06. The van der Waals surface area contributed by atoms with Crippen LogP contribution in [-0.2, 0) is 14.8 Å². The summed E-state index contributed by atoms with van der Waals surface area (Å²) in [4.78, 5) is 14.2. The fourth-order valence-electron chi connectivity index (χ4n) is 1.43. The van der Waals surface area contributed by atoms with Gasteiger partial charge in [0.25, 0.3) is 16.0 Å². The van der Waals surface area contributed by atoms with Gasteiger partial charge < -0.3 is 9.84 Å². The molecule has 0 amide bonds. The molecule has 0 unspecified atom stereocenters. The van der Waals surface area contributed by atoms with E-state index in [1.165, 1.54) is 24.3 Å². The maximum atomic E-state index is 12.0. The first kappa shape index (κ1) is 14.8. The first-order valence-electron chi connectivity index (χ1n) is 5.73. The van der Waals surface area contributed by atoms with Gasteiger partial charge >= 0.3 is 5.97 Å². The zero-order valence-corrected chi connectivity index (χ0v) is 11.7. The van der Waals surface area contributed by atoms with E-state index in [4.69, 9.17) is 9.84 Å². The number of aromatic nitrogens is 3. The van der Waals surface area contributed by atoms with Gasteiger partial charge in [-0.25, -0.2) is 17.9 Å². The Hall–Kier alpha value is -2.62. The molecular weight excluding hydrogens is 300 g/mol. The number of nitrogens with zero attached hydrogens (tertiary/aromatic N) is 2. The number of hydrogen-bond donors (Lipinski definition) is 3. The summed E-state index contributed by atoms with van der Waals surface area (Å²) < 4.78 is 31.2. The van der Waals surface area contributed by atoms with E-state index < -0.39 is 22.6 Å². The number of carboxylic acids is 1. The van der Waals surface area contributed by atoms with Gasteiger partial charge in [-0.1, -0.05) is 0 Å². The molecule has 0 radical (unpaired) electrons. The molecule has 0 aliphatic rings. The smallest absolute Gasteiger partial charge is 0.341 e. The van der Waals surface area contributed by atoms with Crippen LogP contribution in [0.3, 0.4) is 0 Å². The quantitative estimate of drug-likeness (QED) is 0.701. The number of sulfonamides is 1. The molecule has 1 aromatic carbocycles. The van der Waals surface area contributed by atoms with Crippen LogP contribution in [-0.4, -0.2) is 41.3 Å². The molecule has 10 heteroatoms. The number of nitrogens with one attached hydrogen (secondary N) is 2. The van der Waals surface area contributed by atoms with Gasteiger partial charge in [-0.05, 0) is 31.2 Å². The van der Waals surface area contributed by atoms with Crippen LogP contribution < -0.4 is 9.46 Å². The lowest BCUT2D eigenvalue weighted by Crippen LogP contribution is -2.14. The molecule has 0 spiro atoms. The van der Waals surface area contributed by atoms with Crippen LogP contribution in [0, 0.1) is 6.92 Å². The van der Waals surface area contributed by atoms with Crippen molar-refractivity contribution in [2.75, 3.05) is 11.3 Å². The Kier molecular flexibility index (Phi) is 4.08. The minimum absolute atomic E-state index is 0.0207. The Balaban J connectivity index is 2.11. The fraction of sp³-hybridized carbons (Fsp3) is 0.182. The Morgan fingerprint density at radius 1 is 1.38 bits per heavy atom. The third-order valence-electron chi connectivity index (χ3n) is 2.32. The average molecular weight is 312 g/mol. The third-order valence-corrected chi connectivity index (χ3v) is 3.66. The standard InChI is InChI=1S/C11H12N4O5S/c1-7-12-11(14-13-7)15-21(18,19)9-4-2-8(3-5-9)20-6-10(16)17/h2-5H,6H2,1H3,(H,16,17)(H2,12,13,14,15). The van der Waals surface area contributed by atoms with E-state index in [0.29, 0.717) is 5.82 Å². The van der Waals surface area contributed by atoms with Crippen LogP contribution in [0.1, 0.15) is 5.82 Å². The van der Waals surface area contributed by atoms with Gasteiger partial charge in [-0.2, -0.15) is 4.98 Å². The summed E-state index contributed by atoms with van der Waals surface area (Å²) in [7, 11) is -3.81. The predicted octanol–water partition coefficient (Wildman–Crippen LogP) is 0.377. The van der Waals surface area contributed by atoms with E-state index in [1.807, 2.05) is 0 Å². The highest BCUT2D eigenvalue weighted by molar-refractivity contribution is 7.92. The Morgan fingerprint density at radius 3 is 2.57 bits per heavy atom. The number of aryl methyl sites for hydroxylation is 1. The minimum Gasteiger partial charge on any atom is -0.482 e. The molecule has 0 saturated carbocycles. The summed E-state index contributed by atoms with van der Waals surface area (Å²) >= 11 is 0. The van der Waals surface area contributed by atoms with Crippen molar-refractivity contribution >= 4 is 21.9 Å². The average Bonchev–Trinajstić information content (AvgIpc) is 2.81. The highest BCUT2D eigenvalue weighted by atomic mass is 32.2. The van der Waals surface area contributed by atoms with Crippen LogP contribution in [0.5, 0.6) is 5.75 Å². The summed E-state index contributed by atoms with van der Waals surface area (Å²) in [6, 6.07) is 5.31. The molecule has 112 valence electrons. The second-order valence-electron chi connectivity index (χ2n) is 4.00. The normalized spacial score (nSPS) is 11.1. The molecule has 0 atom stereocenters. The number of hydrogen-bond acceptors (Lipinski definition) is 6. The molecule has 0 aliphatic carbocycles. The van der Waals surface area contributed by atoms with Crippen LogP contribution in [0.25, 0.3) is 0 Å². The van der Waals surface area contributed by atoms with Crippen molar-refractivity contribution in [1.29, 1.82) is 0 Å². The van der Waals surface area contributed by atoms with Crippen molar-refractivity contribution in [2.24, 2.45) is 0 Å². The van der Waals surface area contributed by atoms with E-state index in [0.717, 1.165) is 0 Å². The molecule has 0 saturated heterocycles. The molecular formula is C11H12N4O5S. The number of benzene rings is 1. The molecule has 21 heavy (non-hydrogen) atoms. The van der Waals surface area contributed by atoms with Crippen LogP contribution in [0.15, 0.2) is 29.2 Å². The van der Waals surface area contributed by atoms with E-state index >= 15 is 0 Å². The van der Waals surface area contributed by atoms with Crippen molar-refractivity contribution < 1.29 is 23.1 Å². The highest BCUT2D eigenvalue weighted by Gasteiger charge is 2.16. The van der Waals surface area contributed by atoms with Crippen molar-refractivity contribution in [3.63, 3.8) is 0 Å². The number of anilines is 1. The number of carbonyl (C=O) groups is 1. The SMILES string of the molecule is Cc1nc(NS(=O)(=O)c2ccc(OCC(=O)O)cc2)n[nH]1. The summed E-state index contributed by atoms with van der Waals surface area (Å²) in [5.41, 5.74) is 0. The van der Waals surface area contributed by atoms with E-state index in [-0.39, 0.29) is 16.6 Å². The van der Waals surface area contributed by atoms with Gasteiger partial charge in [0, 0.05) is 0 Å². The summed E-state index contributed by atoms with van der Waals surface area (Å²) in [6.07, 6.45) is 0. The second kappa shape index (κ2) is 5.79. The molecule has 0 aliphatic heterocycles. The third kappa shape index (κ3) is 3.92. The van der Waals surface area contributed by atoms with E-state index in [9.17, 15) is 13.2 Å². The molecule has 9 nitrogen and oxygen atoms in total. The van der Waals surface area contributed by atoms with E-state index in [1.54, 1.807) is 6.92 Å². The van der Waals surface area contributed by atoms with Crippen molar-refractivity contribution in [3.05, 3.63) is 30.1 Å². The number of carboxylic acid groups (broad SMARTS) is 1. The van der Waals surface area contributed by atoms with E-state index in [2.05, 4.69) is 19.9 Å². The first-order chi connectivity index (χ1) is 9.87. The van der Waals surface area contributed by atoms with Gasteiger partial charge in [-0.3, -0.25) is 5.10 Å². The molecule has 1 heterocycles. The monoisotopic (exact) mass is 312 g/mol. The number of ether oxygens (including phenoxy) is 1. The fourth-order valence-corrected chi connectivity index (χ4v) is 2.37. The summed E-state index contributed by atoms with van der Waals surface area (Å²) in [6.45, 7) is 1.14. The van der Waals surface area contributed by atoms with Gasteiger partial charge in [0.05, 0.1) is 4.90 Å². The second-order valence-corrected chi connectivity index (χ2v) is 5.69. The van der Waals surface area contributed by atoms with Gasteiger partial charge in [0.15, 0.2) is 6.61 Å². The number of aromatic amines is 1. The largest absolute Gasteiger partial charge is 0.482 e. The predicted molar refractivity (Wildman–Crippen MR) is 71.5 cm³/mol. The zero-order chi connectivity index (χ0) is 15.5. The van der Waals surface area contributed by atoms with Gasteiger partial charge in [0.1, 0.15) is 11.6 Å². The molecule has 0 fully saturated rings.